The molecule has 1 fully saturated rings. The van der Waals surface area contributed by atoms with Crippen molar-refractivity contribution in [3.63, 3.8) is 0 Å². The molecule has 0 aromatic heterocycles. The van der Waals surface area contributed by atoms with Crippen LogP contribution in [0.2, 0.25) is 0 Å². The van der Waals surface area contributed by atoms with Gasteiger partial charge in [0.25, 0.3) is 0 Å². The minimum absolute atomic E-state index is 0.0499. The van der Waals surface area contributed by atoms with Gasteiger partial charge in [-0.2, -0.15) is 0 Å². The average Bonchev–Trinajstić information content (AvgIpc) is 2.37. The number of aliphatic hydroxyl groups excluding tert-OH is 1. The molecule has 0 spiro atoms. The van der Waals surface area contributed by atoms with Crippen molar-refractivity contribution < 1.29 is 19.8 Å². The van der Waals surface area contributed by atoms with E-state index in [1.54, 1.807) is 9.80 Å². The highest BCUT2D eigenvalue weighted by Gasteiger charge is 2.33. The number of likely N-dealkylation sites (tertiary alicyclic amines) is 1. The predicted molar refractivity (Wildman–Crippen MR) is 70.9 cm³/mol. The fraction of sp³-hybridized carbons (Fsp3) is 0.846. The standard InChI is InChI=1S/C13H24N2O4/c1-3-5-14(7-8-16)13(19)15-6-4-11(12(17)18)9-10(15)2/h10-11,16H,3-9H2,1-2H3,(H,17,18). The number of aliphatic hydroxyl groups is 1. The third-order valence-electron chi connectivity index (χ3n) is 3.61. The van der Waals surface area contributed by atoms with Crippen LogP contribution in [0.4, 0.5) is 4.79 Å². The average molecular weight is 272 g/mol. The molecule has 0 aromatic rings. The maximum Gasteiger partial charge on any atom is 0.320 e. The number of hydrogen-bond acceptors (Lipinski definition) is 3. The lowest BCUT2D eigenvalue weighted by Gasteiger charge is -2.39. The Hall–Kier alpha value is -1.30. The van der Waals surface area contributed by atoms with Gasteiger partial charge in [-0.05, 0) is 26.2 Å². The third-order valence-corrected chi connectivity index (χ3v) is 3.61. The van der Waals surface area contributed by atoms with E-state index in [1.807, 2.05) is 13.8 Å². The predicted octanol–water partition coefficient (Wildman–Crippen LogP) is 0.996. The van der Waals surface area contributed by atoms with Crippen molar-refractivity contribution in [2.75, 3.05) is 26.2 Å². The SMILES string of the molecule is CCCN(CCO)C(=O)N1CCC(C(=O)O)CC1C. The zero-order valence-corrected chi connectivity index (χ0v) is 11.7. The molecule has 0 aromatic carbocycles. The molecule has 0 aliphatic carbocycles. The van der Waals surface area contributed by atoms with E-state index in [4.69, 9.17) is 10.2 Å². The second-order valence-electron chi connectivity index (χ2n) is 5.10. The number of carboxylic acid groups (broad SMARTS) is 1. The second kappa shape index (κ2) is 7.33. The molecule has 2 N–H and O–H groups in total. The number of amides is 2. The van der Waals surface area contributed by atoms with Gasteiger partial charge >= 0.3 is 12.0 Å². The summed E-state index contributed by atoms with van der Waals surface area (Å²) in [4.78, 5) is 26.7. The van der Waals surface area contributed by atoms with Crippen molar-refractivity contribution in [2.24, 2.45) is 5.92 Å². The molecule has 1 aliphatic heterocycles. The van der Waals surface area contributed by atoms with Crippen molar-refractivity contribution in [2.45, 2.75) is 39.2 Å². The Kier molecular flexibility index (Phi) is 6.08. The molecular formula is C13H24N2O4. The molecule has 1 aliphatic rings. The fourth-order valence-corrected chi connectivity index (χ4v) is 2.56. The summed E-state index contributed by atoms with van der Waals surface area (Å²) < 4.78 is 0. The summed E-state index contributed by atoms with van der Waals surface area (Å²) in [7, 11) is 0. The van der Waals surface area contributed by atoms with E-state index < -0.39 is 5.97 Å². The molecule has 0 saturated carbocycles. The number of carbonyl (C=O) groups excluding carboxylic acids is 1. The maximum absolute atomic E-state index is 12.4. The number of urea groups is 1. The smallest absolute Gasteiger partial charge is 0.320 e. The molecular weight excluding hydrogens is 248 g/mol. The van der Waals surface area contributed by atoms with Gasteiger partial charge in [-0.25, -0.2) is 4.79 Å². The molecule has 0 radical (unpaired) electrons. The van der Waals surface area contributed by atoms with Crippen LogP contribution >= 0.6 is 0 Å². The van der Waals surface area contributed by atoms with E-state index in [0.29, 0.717) is 32.5 Å². The normalized spacial score (nSPS) is 23.2. The van der Waals surface area contributed by atoms with Crippen molar-refractivity contribution in [3.05, 3.63) is 0 Å². The summed E-state index contributed by atoms with van der Waals surface area (Å²) >= 11 is 0. The van der Waals surface area contributed by atoms with Gasteiger partial charge < -0.3 is 20.0 Å². The van der Waals surface area contributed by atoms with Gasteiger partial charge in [-0.1, -0.05) is 6.92 Å². The zero-order chi connectivity index (χ0) is 14.4. The summed E-state index contributed by atoms with van der Waals surface area (Å²) in [6.45, 7) is 5.24. The van der Waals surface area contributed by atoms with Crippen LogP contribution in [0.5, 0.6) is 0 Å². The zero-order valence-electron chi connectivity index (χ0n) is 11.7. The van der Waals surface area contributed by atoms with E-state index in [1.165, 1.54) is 0 Å². The summed E-state index contributed by atoms with van der Waals surface area (Å²) in [6, 6.07) is -0.160. The molecule has 1 heterocycles. The van der Waals surface area contributed by atoms with Gasteiger partial charge in [0.1, 0.15) is 0 Å². The van der Waals surface area contributed by atoms with E-state index in [-0.39, 0.29) is 24.6 Å². The van der Waals surface area contributed by atoms with E-state index in [2.05, 4.69) is 0 Å². The number of hydrogen-bond donors (Lipinski definition) is 2. The topological polar surface area (TPSA) is 81.1 Å². The Morgan fingerprint density at radius 1 is 1.37 bits per heavy atom. The molecule has 110 valence electrons. The van der Waals surface area contributed by atoms with Gasteiger partial charge in [0.2, 0.25) is 0 Å². The molecule has 2 atom stereocenters. The number of piperidine rings is 1. The van der Waals surface area contributed by atoms with Crippen LogP contribution in [0.25, 0.3) is 0 Å². The minimum atomic E-state index is -0.778. The summed E-state index contributed by atoms with van der Waals surface area (Å²) in [5.41, 5.74) is 0. The fourth-order valence-electron chi connectivity index (χ4n) is 2.56. The number of carboxylic acids is 1. The Morgan fingerprint density at radius 2 is 2.05 bits per heavy atom. The van der Waals surface area contributed by atoms with Gasteiger partial charge in [-0.3, -0.25) is 4.79 Å². The Bertz CT molecular complexity index is 316. The van der Waals surface area contributed by atoms with E-state index in [0.717, 1.165) is 6.42 Å². The summed E-state index contributed by atoms with van der Waals surface area (Å²) in [6.07, 6.45) is 1.84. The first kappa shape index (κ1) is 15.8. The highest BCUT2D eigenvalue weighted by atomic mass is 16.4. The van der Waals surface area contributed by atoms with Gasteiger partial charge in [0.05, 0.1) is 12.5 Å². The third kappa shape index (κ3) is 4.09. The highest BCUT2D eigenvalue weighted by molar-refractivity contribution is 5.76. The van der Waals surface area contributed by atoms with Crippen molar-refractivity contribution in [1.29, 1.82) is 0 Å². The molecule has 1 rings (SSSR count). The van der Waals surface area contributed by atoms with Crippen LogP contribution in [0.15, 0.2) is 0 Å². The number of carbonyl (C=O) groups is 2. The first-order valence-corrected chi connectivity index (χ1v) is 6.90. The Balaban J connectivity index is 2.63. The first-order chi connectivity index (χ1) is 9.01. The second-order valence-corrected chi connectivity index (χ2v) is 5.10. The maximum atomic E-state index is 12.4. The lowest BCUT2D eigenvalue weighted by atomic mass is 9.92. The molecule has 2 amide bonds. The molecule has 19 heavy (non-hydrogen) atoms. The van der Waals surface area contributed by atoms with Gasteiger partial charge in [0, 0.05) is 25.7 Å². The number of rotatable bonds is 5. The molecule has 2 unspecified atom stereocenters. The van der Waals surface area contributed by atoms with Gasteiger partial charge in [0.15, 0.2) is 0 Å². The van der Waals surface area contributed by atoms with Crippen molar-refractivity contribution in [1.82, 2.24) is 9.80 Å². The largest absolute Gasteiger partial charge is 0.481 e. The van der Waals surface area contributed by atoms with Crippen LogP contribution in [-0.4, -0.2) is 64.3 Å². The van der Waals surface area contributed by atoms with E-state index >= 15 is 0 Å². The Morgan fingerprint density at radius 3 is 2.53 bits per heavy atom. The summed E-state index contributed by atoms with van der Waals surface area (Å²) in [5, 5.41) is 18.0. The van der Waals surface area contributed by atoms with Gasteiger partial charge in [-0.15, -0.1) is 0 Å². The van der Waals surface area contributed by atoms with Crippen molar-refractivity contribution >= 4 is 12.0 Å². The van der Waals surface area contributed by atoms with Crippen LogP contribution in [0.3, 0.4) is 0 Å². The summed E-state index contributed by atoms with van der Waals surface area (Å²) in [5.74, 6) is -1.13. The number of nitrogens with zero attached hydrogens (tertiary/aromatic N) is 2. The molecule has 0 bridgehead atoms. The monoisotopic (exact) mass is 272 g/mol. The minimum Gasteiger partial charge on any atom is -0.481 e. The quantitative estimate of drug-likeness (QED) is 0.782. The first-order valence-electron chi connectivity index (χ1n) is 6.90. The van der Waals surface area contributed by atoms with E-state index in [9.17, 15) is 9.59 Å². The lowest BCUT2D eigenvalue weighted by molar-refractivity contribution is -0.143. The molecule has 6 nitrogen and oxygen atoms in total. The highest BCUT2D eigenvalue weighted by Crippen LogP contribution is 2.24. The van der Waals surface area contributed by atoms with Crippen molar-refractivity contribution in [3.8, 4) is 0 Å². The van der Waals surface area contributed by atoms with Crippen LogP contribution in [0, 0.1) is 5.92 Å². The Labute approximate surface area is 114 Å². The lowest BCUT2D eigenvalue weighted by Crippen LogP contribution is -2.52. The molecule has 6 heteroatoms. The van der Waals surface area contributed by atoms with Crippen LogP contribution in [-0.2, 0) is 4.79 Å². The molecule has 1 saturated heterocycles. The number of aliphatic carboxylic acids is 1. The van der Waals surface area contributed by atoms with Crippen LogP contribution in [0.1, 0.15) is 33.1 Å². The van der Waals surface area contributed by atoms with Crippen LogP contribution < -0.4 is 0 Å².